The van der Waals surface area contributed by atoms with Crippen LogP contribution in [0.2, 0.25) is 0 Å². The minimum absolute atomic E-state index is 0.281. The average Bonchev–Trinajstić information content (AvgIpc) is 3.80. The Hall–Kier alpha value is -4.58. The molecule has 2 saturated carbocycles. The molecule has 0 heterocycles. The van der Waals surface area contributed by atoms with Crippen molar-refractivity contribution in [3.8, 4) is 11.5 Å². The maximum Gasteiger partial charge on any atom is 0.514 e. The predicted molar refractivity (Wildman–Crippen MR) is 193 cm³/mol. The van der Waals surface area contributed by atoms with Crippen LogP contribution >= 0.6 is 0 Å². The summed E-state index contributed by atoms with van der Waals surface area (Å²) in [6.45, 7) is 20.0. The second kappa shape index (κ2) is 13.0. The summed E-state index contributed by atoms with van der Waals surface area (Å²) >= 11 is 0. The molecule has 49 heavy (non-hydrogen) atoms. The van der Waals surface area contributed by atoms with Crippen molar-refractivity contribution in [3.63, 3.8) is 0 Å². The van der Waals surface area contributed by atoms with Crippen LogP contribution in [-0.4, -0.2) is 23.5 Å². The first-order valence-corrected chi connectivity index (χ1v) is 17.3. The number of hydrogen-bond acceptors (Lipinski definition) is 6. The van der Waals surface area contributed by atoms with Gasteiger partial charge in [-0.25, -0.2) is 9.59 Å². The minimum atomic E-state index is -0.712. The molecule has 0 N–H and O–H groups in total. The Morgan fingerprint density at radius 1 is 0.633 bits per heavy atom. The predicted octanol–water partition coefficient (Wildman–Crippen LogP) is 10.8. The second-order valence-corrected chi connectivity index (χ2v) is 14.9. The maximum atomic E-state index is 13.1. The standard InChI is InChI=1S/C43H48O6/c1-7-21-40-25-19-31(27-40)29-42(40,23-9-3)48-37(44)46-35-15-11-33(12-16-35)39(5,6)34-13-17-36(18-14-34)47-38(45)49-43(24-10-4)30-32-20-26-41(43,28-32)22-8-2/h7-20,25-26,31-32H,1-4,21-24,27-30H2,5-6H3. The van der Waals surface area contributed by atoms with E-state index in [1.807, 2.05) is 48.6 Å². The Labute approximate surface area is 290 Å². The third-order valence-corrected chi connectivity index (χ3v) is 11.7. The lowest BCUT2D eigenvalue weighted by molar-refractivity contribution is -0.0664. The zero-order chi connectivity index (χ0) is 34.9. The molecule has 0 spiro atoms. The van der Waals surface area contributed by atoms with Crippen LogP contribution in [0, 0.1) is 22.7 Å². The van der Waals surface area contributed by atoms with Crippen LogP contribution in [0.1, 0.15) is 76.3 Å². The fourth-order valence-corrected chi connectivity index (χ4v) is 9.26. The van der Waals surface area contributed by atoms with Gasteiger partial charge in [0.1, 0.15) is 22.7 Å². The van der Waals surface area contributed by atoms with Crippen LogP contribution in [0.4, 0.5) is 9.59 Å². The summed E-state index contributed by atoms with van der Waals surface area (Å²) in [4.78, 5) is 26.2. The van der Waals surface area contributed by atoms with Gasteiger partial charge in [-0.05, 0) is 85.8 Å². The van der Waals surface area contributed by atoms with Crippen molar-refractivity contribution >= 4 is 12.3 Å². The molecule has 0 aliphatic heterocycles. The van der Waals surface area contributed by atoms with Gasteiger partial charge < -0.3 is 18.9 Å². The van der Waals surface area contributed by atoms with Crippen molar-refractivity contribution in [1.29, 1.82) is 0 Å². The minimum Gasteiger partial charge on any atom is -0.426 e. The molecule has 2 fully saturated rings. The fourth-order valence-electron chi connectivity index (χ4n) is 9.26. The molecule has 4 aliphatic rings. The Morgan fingerprint density at radius 3 is 1.33 bits per heavy atom. The normalized spacial score (nSPS) is 30.5. The lowest BCUT2D eigenvalue weighted by atomic mass is 9.70. The van der Waals surface area contributed by atoms with E-state index in [0.29, 0.717) is 36.2 Å². The molecule has 0 aromatic heterocycles. The van der Waals surface area contributed by atoms with Gasteiger partial charge in [0.05, 0.1) is 0 Å². The van der Waals surface area contributed by atoms with Crippen LogP contribution in [0.15, 0.2) is 123 Å². The molecule has 6 heteroatoms. The summed E-state index contributed by atoms with van der Waals surface area (Å²) in [6, 6.07) is 14.9. The van der Waals surface area contributed by atoms with Gasteiger partial charge in [0.2, 0.25) is 0 Å². The molecular formula is C43H48O6. The highest BCUT2D eigenvalue weighted by molar-refractivity contribution is 5.66. The van der Waals surface area contributed by atoms with Crippen LogP contribution < -0.4 is 9.47 Å². The van der Waals surface area contributed by atoms with Gasteiger partial charge in [0.25, 0.3) is 0 Å². The highest BCUT2D eigenvalue weighted by Gasteiger charge is 2.62. The van der Waals surface area contributed by atoms with Crippen LogP contribution in [-0.2, 0) is 14.9 Å². The third-order valence-electron chi connectivity index (χ3n) is 11.7. The quantitative estimate of drug-likeness (QED) is 0.114. The van der Waals surface area contributed by atoms with E-state index < -0.39 is 23.5 Å². The molecule has 2 aromatic carbocycles. The van der Waals surface area contributed by atoms with Gasteiger partial charge in [-0.1, -0.05) is 86.7 Å². The summed E-state index contributed by atoms with van der Waals surface area (Å²) in [5, 5.41) is 0. The Morgan fingerprint density at radius 2 is 1.00 bits per heavy atom. The summed E-state index contributed by atoms with van der Waals surface area (Å²) in [5.74, 6) is 1.56. The van der Waals surface area contributed by atoms with Gasteiger partial charge in [0.15, 0.2) is 0 Å². The molecule has 4 bridgehead atoms. The molecule has 0 saturated heterocycles. The first kappa shape index (κ1) is 34.3. The van der Waals surface area contributed by atoms with Crippen LogP contribution in [0.25, 0.3) is 0 Å². The van der Waals surface area contributed by atoms with E-state index in [1.54, 1.807) is 24.3 Å². The molecule has 256 valence electrons. The lowest BCUT2D eigenvalue weighted by Gasteiger charge is -2.42. The van der Waals surface area contributed by atoms with Crippen molar-refractivity contribution in [1.82, 2.24) is 0 Å². The van der Waals surface area contributed by atoms with E-state index >= 15 is 0 Å². The number of carbonyl (C=O) groups excluding carboxylic acids is 2. The SMILES string of the molecule is C=CCC12C=CC(C1)CC2(CC=C)OC(=O)Oc1ccc(C(C)(C)c2ccc(OC(=O)OC3(CC=C)CC4C=CC3(CC=C)C4)cc2)cc1. The number of allylic oxidation sites excluding steroid dienone is 4. The van der Waals surface area contributed by atoms with Gasteiger partial charge in [0, 0.05) is 29.1 Å². The third kappa shape index (κ3) is 6.00. The van der Waals surface area contributed by atoms with E-state index in [2.05, 4.69) is 64.5 Å². The molecule has 6 atom stereocenters. The molecule has 6 rings (SSSR count). The van der Waals surface area contributed by atoms with Crippen molar-refractivity contribution in [2.24, 2.45) is 22.7 Å². The van der Waals surface area contributed by atoms with Crippen LogP contribution in [0.5, 0.6) is 11.5 Å². The number of carbonyl (C=O) groups is 2. The van der Waals surface area contributed by atoms with Gasteiger partial charge in [-0.3, -0.25) is 0 Å². The Kier molecular flexibility index (Phi) is 9.12. The molecule has 6 unspecified atom stereocenters. The molecule has 0 amide bonds. The highest BCUT2D eigenvalue weighted by Crippen LogP contribution is 2.62. The van der Waals surface area contributed by atoms with E-state index in [0.717, 1.165) is 49.7 Å². The first-order valence-electron chi connectivity index (χ1n) is 17.3. The summed E-state index contributed by atoms with van der Waals surface area (Å²) in [7, 11) is 0. The van der Waals surface area contributed by atoms with E-state index in [1.165, 1.54) is 0 Å². The topological polar surface area (TPSA) is 71.1 Å². The summed E-state index contributed by atoms with van der Waals surface area (Å²) in [5.41, 5.74) is -0.289. The van der Waals surface area contributed by atoms with Gasteiger partial charge in [-0.2, -0.15) is 0 Å². The monoisotopic (exact) mass is 660 g/mol. The molecule has 4 aliphatic carbocycles. The van der Waals surface area contributed by atoms with E-state index in [9.17, 15) is 9.59 Å². The zero-order valence-corrected chi connectivity index (χ0v) is 28.8. The number of fused-ring (bicyclic) bond motifs is 4. The first-order chi connectivity index (χ1) is 23.5. The van der Waals surface area contributed by atoms with E-state index in [-0.39, 0.29) is 16.2 Å². The summed E-state index contributed by atoms with van der Waals surface area (Å²) < 4.78 is 23.6. The van der Waals surface area contributed by atoms with Crippen LogP contribution in [0.3, 0.4) is 0 Å². The smallest absolute Gasteiger partial charge is 0.426 e. The Bertz CT molecular complexity index is 1560. The average molecular weight is 661 g/mol. The largest absolute Gasteiger partial charge is 0.514 e. The number of hydrogen-bond donors (Lipinski definition) is 0. The molecule has 0 radical (unpaired) electrons. The van der Waals surface area contributed by atoms with Crippen molar-refractivity contribution in [3.05, 3.63) is 135 Å². The van der Waals surface area contributed by atoms with E-state index in [4.69, 9.17) is 18.9 Å². The van der Waals surface area contributed by atoms with Crippen molar-refractivity contribution in [2.75, 3.05) is 0 Å². The molecule has 2 aromatic rings. The van der Waals surface area contributed by atoms with Gasteiger partial charge >= 0.3 is 12.3 Å². The highest BCUT2D eigenvalue weighted by atomic mass is 16.7. The lowest BCUT2D eigenvalue weighted by Crippen LogP contribution is -2.47. The number of ether oxygens (including phenoxy) is 4. The molecule has 6 nitrogen and oxygen atoms in total. The molecular weight excluding hydrogens is 612 g/mol. The van der Waals surface area contributed by atoms with Crippen molar-refractivity contribution < 1.29 is 28.5 Å². The fraction of sp³-hybridized carbons (Fsp3) is 0.395. The summed E-state index contributed by atoms with van der Waals surface area (Å²) in [6.07, 6.45) is 20.8. The number of rotatable bonds is 14. The van der Waals surface area contributed by atoms with Crippen molar-refractivity contribution in [2.45, 2.75) is 81.8 Å². The zero-order valence-electron chi connectivity index (χ0n) is 28.8. The Balaban J connectivity index is 1.09. The van der Waals surface area contributed by atoms with Gasteiger partial charge in [-0.15, -0.1) is 26.3 Å². The maximum absolute atomic E-state index is 13.1. The number of benzene rings is 2. The second-order valence-electron chi connectivity index (χ2n) is 14.9.